The molecule has 1 fully saturated rings. The molecule has 0 aromatic rings. The molecule has 10 nitrogen and oxygen atoms in total. The van der Waals surface area contributed by atoms with Gasteiger partial charge in [-0.05, 0) is 32.8 Å². The van der Waals surface area contributed by atoms with Crippen LogP contribution in [0.4, 0.5) is 0 Å². The molecule has 0 bridgehead atoms. The Morgan fingerprint density at radius 1 is 1.03 bits per heavy atom. The zero-order valence-corrected chi connectivity index (χ0v) is 17.9. The van der Waals surface area contributed by atoms with Crippen LogP contribution in [0.5, 0.6) is 0 Å². The van der Waals surface area contributed by atoms with E-state index in [-0.39, 0.29) is 17.3 Å². The number of carbonyl (C=O) groups is 5. The summed E-state index contributed by atoms with van der Waals surface area (Å²) in [5.74, 6) is -5.57. The minimum absolute atomic E-state index is 0.0207. The lowest BCUT2D eigenvalue weighted by molar-refractivity contribution is -0.333. The van der Waals surface area contributed by atoms with Crippen LogP contribution in [0.15, 0.2) is 23.5 Å². The minimum atomic E-state index is -2.08. The lowest BCUT2D eigenvalue weighted by atomic mass is 9.75. The standard InChI is InChI=1S/C21H24O10/c1-10-6-7-17(28-11(2)22)21(30-10)19(29-12(3)23)14-8-16(25)20(5,31-13(4)24)18(26)15(14)9-27-21/h8-10,17,19H,6-7H2,1-5H3/t10-,17+,19+,20+,21-/m0/s1. The first-order chi connectivity index (χ1) is 14.4. The highest BCUT2D eigenvalue weighted by atomic mass is 16.7. The molecule has 0 N–H and O–H groups in total. The number of esters is 3. The summed E-state index contributed by atoms with van der Waals surface area (Å²) in [5, 5.41) is 0. The van der Waals surface area contributed by atoms with Crippen molar-refractivity contribution in [2.75, 3.05) is 0 Å². The first-order valence-corrected chi connectivity index (χ1v) is 9.81. The van der Waals surface area contributed by atoms with Crippen LogP contribution in [-0.2, 0) is 47.7 Å². The molecule has 1 aliphatic carbocycles. The third-order valence-corrected chi connectivity index (χ3v) is 5.36. The van der Waals surface area contributed by atoms with Crippen LogP contribution >= 0.6 is 0 Å². The van der Waals surface area contributed by atoms with E-state index in [1.54, 1.807) is 6.92 Å². The van der Waals surface area contributed by atoms with E-state index < -0.39 is 53.1 Å². The largest absolute Gasteiger partial charge is 0.461 e. The predicted molar refractivity (Wildman–Crippen MR) is 101 cm³/mol. The van der Waals surface area contributed by atoms with Gasteiger partial charge >= 0.3 is 17.9 Å². The van der Waals surface area contributed by atoms with Crippen LogP contribution in [-0.4, -0.2) is 59.2 Å². The number of rotatable bonds is 3. The van der Waals surface area contributed by atoms with Crippen molar-refractivity contribution in [1.29, 1.82) is 0 Å². The summed E-state index contributed by atoms with van der Waals surface area (Å²) in [6.07, 6.45) is 0.290. The van der Waals surface area contributed by atoms with E-state index >= 15 is 0 Å². The van der Waals surface area contributed by atoms with E-state index in [1.807, 2.05) is 0 Å². The van der Waals surface area contributed by atoms with Crippen molar-refractivity contribution in [3.05, 3.63) is 23.5 Å². The molecule has 168 valence electrons. The lowest BCUT2D eigenvalue weighted by Crippen LogP contribution is -2.65. The molecule has 3 aliphatic rings. The van der Waals surface area contributed by atoms with Crippen molar-refractivity contribution >= 4 is 29.5 Å². The molecule has 10 heteroatoms. The number of ketones is 2. The Morgan fingerprint density at radius 2 is 1.68 bits per heavy atom. The van der Waals surface area contributed by atoms with Crippen LogP contribution in [0.3, 0.4) is 0 Å². The fraction of sp³-hybridized carbons (Fsp3) is 0.571. The molecule has 2 aliphatic heterocycles. The Labute approximate surface area is 178 Å². The smallest absolute Gasteiger partial charge is 0.304 e. The first-order valence-electron chi connectivity index (χ1n) is 9.81. The highest BCUT2D eigenvalue weighted by molar-refractivity contribution is 6.26. The highest BCUT2D eigenvalue weighted by Crippen LogP contribution is 2.46. The van der Waals surface area contributed by atoms with Gasteiger partial charge in [0.05, 0.1) is 17.9 Å². The maximum Gasteiger partial charge on any atom is 0.304 e. The number of ether oxygens (including phenoxy) is 5. The second kappa shape index (κ2) is 7.92. The Morgan fingerprint density at radius 3 is 2.26 bits per heavy atom. The van der Waals surface area contributed by atoms with Gasteiger partial charge < -0.3 is 23.7 Å². The van der Waals surface area contributed by atoms with Crippen molar-refractivity contribution in [2.45, 2.75) is 77.2 Å². The second-order valence-electron chi connectivity index (χ2n) is 7.88. The molecule has 0 aromatic heterocycles. The van der Waals surface area contributed by atoms with Gasteiger partial charge in [-0.15, -0.1) is 0 Å². The van der Waals surface area contributed by atoms with Gasteiger partial charge in [-0.2, -0.15) is 0 Å². The van der Waals surface area contributed by atoms with Gasteiger partial charge in [-0.1, -0.05) is 0 Å². The molecular weight excluding hydrogens is 412 g/mol. The quantitative estimate of drug-likeness (QED) is 0.359. The van der Waals surface area contributed by atoms with Crippen LogP contribution in [0, 0.1) is 0 Å². The zero-order chi connectivity index (χ0) is 23.1. The summed E-state index contributed by atoms with van der Waals surface area (Å²) >= 11 is 0. The summed E-state index contributed by atoms with van der Waals surface area (Å²) in [4.78, 5) is 61.0. The summed E-state index contributed by atoms with van der Waals surface area (Å²) < 4.78 is 27.7. The van der Waals surface area contributed by atoms with E-state index in [1.165, 1.54) is 13.8 Å². The van der Waals surface area contributed by atoms with Crippen LogP contribution < -0.4 is 0 Å². The van der Waals surface area contributed by atoms with Crippen molar-refractivity contribution in [3.63, 3.8) is 0 Å². The summed E-state index contributed by atoms with van der Waals surface area (Å²) in [6.45, 7) is 6.39. The maximum absolute atomic E-state index is 13.1. The number of Topliss-reactive ketones (excluding diaryl/α,β-unsaturated/α-hetero) is 1. The Balaban J connectivity index is 2.15. The number of fused-ring (bicyclic) bond motifs is 1. The fourth-order valence-electron chi connectivity index (χ4n) is 4.03. The normalized spacial score (nSPS) is 34.7. The minimum Gasteiger partial charge on any atom is -0.461 e. The third-order valence-electron chi connectivity index (χ3n) is 5.36. The molecule has 2 heterocycles. The Kier molecular flexibility index (Phi) is 5.79. The molecule has 1 saturated heterocycles. The van der Waals surface area contributed by atoms with Gasteiger partial charge in [0, 0.05) is 26.3 Å². The van der Waals surface area contributed by atoms with Gasteiger partial charge in [0.2, 0.25) is 17.2 Å². The summed E-state index contributed by atoms with van der Waals surface area (Å²) in [5.41, 5.74) is -2.16. The molecule has 0 saturated carbocycles. The second-order valence-corrected chi connectivity index (χ2v) is 7.88. The van der Waals surface area contributed by atoms with Gasteiger partial charge in [-0.3, -0.25) is 24.0 Å². The Bertz CT molecular complexity index is 915. The highest BCUT2D eigenvalue weighted by Gasteiger charge is 2.62. The monoisotopic (exact) mass is 436 g/mol. The SMILES string of the molecule is CC(=O)O[C@@H]1C2=CC(=O)[C@@](C)(OC(C)=O)C(=O)C2=CO[C@@]12O[C@@H](C)CC[C@H]2OC(C)=O. The van der Waals surface area contributed by atoms with E-state index in [0.717, 1.165) is 26.2 Å². The van der Waals surface area contributed by atoms with E-state index in [2.05, 4.69) is 0 Å². The van der Waals surface area contributed by atoms with Crippen molar-refractivity contribution < 1.29 is 47.7 Å². The molecular formula is C21H24O10. The molecule has 0 unspecified atom stereocenters. The topological polar surface area (TPSA) is 132 Å². The molecule has 0 amide bonds. The van der Waals surface area contributed by atoms with Crippen molar-refractivity contribution in [1.82, 2.24) is 0 Å². The molecule has 31 heavy (non-hydrogen) atoms. The van der Waals surface area contributed by atoms with Crippen molar-refractivity contribution in [2.24, 2.45) is 0 Å². The van der Waals surface area contributed by atoms with Gasteiger partial charge in [0.25, 0.3) is 5.79 Å². The molecule has 5 atom stereocenters. The first kappa shape index (κ1) is 22.7. The molecule has 0 radical (unpaired) electrons. The zero-order valence-electron chi connectivity index (χ0n) is 17.9. The Hall–Kier alpha value is -3.01. The number of carbonyl (C=O) groups excluding carboxylic acids is 5. The maximum atomic E-state index is 13.1. The summed E-state index contributed by atoms with van der Waals surface area (Å²) in [6, 6.07) is 0. The fourth-order valence-corrected chi connectivity index (χ4v) is 4.03. The average molecular weight is 436 g/mol. The number of hydrogen-bond acceptors (Lipinski definition) is 10. The molecule has 3 rings (SSSR count). The van der Waals surface area contributed by atoms with Gasteiger partial charge in [0.15, 0.2) is 12.2 Å². The van der Waals surface area contributed by atoms with Gasteiger partial charge in [-0.25, -0.2) is 0 Å². The number of hydrogen-bond donors (Lipinski definition) is 0. The molecule has 1 spiro atoms. The van der Waals surface area contributed by atoms with Crippen LogP contribution in [0.2, 0.25) is 0 Å². The van der Waals surface area contributed by atoms with Crippen LogP contribution in [0.25, 0.3) is 0 Å². The third kappa shape index (κ3) is 3.87. The lowest BCUT2D eigenvalue weighted by Gasteiger charge is -2.50. The average Bonchev–Trinajstić information content (AvgIpc) is 2.64. The van der Waals surface area contributed by atoms with E-state index in [9.17, 15) is 24.0 Å². The van der Waals surface area contributed by atoms with E-state index in [4.69, 9.17) is 23.7 Å². The van der Waals surface area contributed by atoms with Crippen LogP contribution in [0.1, 0.15) is 47.5 Å². The van der Waals surface area contributed by atoms with E-state index in [0.29, 0.717) is 12.8 Å². The molecule has 0 aromatic carbocycles. The predicted octanol–water partition coefficient (Wildman–Crippen LogP) is 1.06. The van der Waals surface area contributed by atoms with Gasteiger partial charge in [0.1, 0.15) is 0 Å². The van der Waals surface area contributed by atoms with Crippen molar-refractivity contribution in [3.8, 4) is 0 Å². The summed E-state index contributed by atoms with van der Waals surface area (Å²) in [7, 11) is 0.